The Morgan fingerprint density at radius 2 is 2.00 bits per heavy atom. The van der Waals surface area contributed by atoms with Crippen molar-refractivity contribution in [2.75, 3.05) is 25.4 Å². The summed E-state index contributed by atoms with van der Waals surface area (Å²) < 4.78 is 0. The molecule has 4 rings (SSSR count). The number of hydrogen-bond donors (Lipinski definition) is 1. The number of aryl methyl sites for hydroxylation is 1. The zero-order valence-electron chi connectivity index (χ0n) is 14.2. The number of nitrogens with two attached hydrogens (primary N) is 1. The van der Waals surface area contributed by atoms with Gasteiger partial charge in [-0.05, 0) is 61.8 Å². The molecular formula is C20H26N4. The van der Waals surface area contributed by atoms with Crippen molar-refractivity contribution in [2.24, 2.45) is 5.92 Å². The highest BCUT2D eigenvalue weighted by atomic mass is 15.1. The van der Waals surface area contributed by atoms with Crippen molar-refractivity contribution < 1.29 is 0 Å². The van der Waals surface area contributed by atoms with Crippen LogP contribution in [0.1, 0.15) is 42.0 Å². The van der Waals surface area contributed by atoms with Crippen LogP contribution >= 0.6 is 0 Å². The van der Waals surface area contributed by atoms with Gasteiger partial charge < -0.3 is 10.6 Å². The van der Waals surface area contributed by atoms with Crippen LogP contribution in [0.15, 0.2) is 36.5 Å². The topological polar surface area (TPSA) is 55.0 Å². The van der Waals surface area contributed by atoms with Crippen molar-refractivity contribution in [3.8, 4) is 0 Å². The molecule has 0 radical (unpaired) electrons. The van der Waals surface area contributed by atoms with Gasteiger partial charge in [-0.15, -0.1) is 0 Å². The highest BCUT2D eigenvalue weighted by molar-refractivity contribution is 5.29. The minimum absolute atomic E-state index is 0.397. The fraction of sp³-hybridized carbons (Fsp3) is 0.500. The maximum Gasteiger partial charge on any atom is 0.220 e. The molecule has 24 heavy (non-hydrogen) atoms. The molecule has 1 fully saturated rings. The second-order valence-electron chi connectivity index (χ2n) is 7.32. The molecule has 4 nitrogen and oxygen atoms in total. The summed E-state index contributed by atoms with van der Waals surface area (Å²) in [6.45, 7) is 3.54. The number of hydrogen-bond acceptors (Lipinski definition) is 4. The van der Waals surface area contributed by atoms with Crippen LogP contribution < -0.4 is 5.73 Å². The Bertz CT molecular complexity index is 700. The van der Waals surface area contributed by atoms with Gasteiger partial charge in [-0.3, -0.25) is 0 Å². The highest BCUT2D eigenvalue weighted by Gasteiger charge is 2.26. The first-order chi connectivity index (χ1) is 11.8. The van der Waals surface area contributed by atoms with Crippen LogP contribution in [-0.2, 0) is 12.8 Å². The maximum atomic E-state index is 5.76. The summed E-state index contributed by atoms with van der Waals surface area (Å²) in [4.78, 5) is 11.1. The van der Waals surface area contributed by atoms with Crippen LogP contribution in [0.25, 0.3) is 0 Å². The van der Waals surface area contributed by atoms with Gasteiger partial charge in [0.25, 0.3) is 0 Å². The van der Waals surface area contributed by atoms with Crippen LogP contribution in [0.5, 0.6) is 0 Å². The number of benzene rings is 1. The molecule has 2 N–H and O–H groups in total. The van der Waals surface area contributed by atoms with E-state index in [1.807, 2.05) is 6.07 Å². The van der Waals surface area contributed by atoms with Crippen LogP contribution in [0.2, 0.25) is 0 Å². The van der Waals surface area contributed by atoms with Gasteiger partial charge in [0.15, 0.2) is 0 Å². The molecule has 1 aliphatic carbocycles. The molecule has 0 bridgehead atoms. The molecule has 0 spiro atoms. The normalized spacial score (nSPS) is 24.5. The van der Waals surface area contributed by atoms with E-state index in [4.69, 9.17) is 5.73 Å². The van der Waals surface area contributed by atoms with E-state index in [0.29, 0.717) is 11.9 Å². The summed E-state index contributed by atoms with van der Waals surface area (Å²) in [5.74, 6) is 1.68. The van der Waals surface area contributed by atoms with Crippen molar-refractivity contribution in [1.82, 2.24) is 14.9 Å². The Labute approximate surface area is 144 Å². The number of anilines is 1. The predicted molar refractivity (Wildman–Crippen MR) is 96.8 cm³/mol. The molecule has 0 amide bonds. The Hall–Kier alpha value is -1.94. The molecule has 2 aliphatic rings. The van der Waals surface area contributed by atoms with Crippen LogP contribution in [0, 0.1) is 5.92 Å². The lowest BCUT2D eigenvalue weighted by molar-refractivity contribution is 0.170. The SMILES string of the molecule is Nc1nccc(C2CCCN(CC3CCc4ccccc4C3)C2)n1. The third-order valence-electron chi connectivity index (χ3n) is 5.58. The first-order valence-electron chi connectivity index (χ1n) is 9.15. The molecular weight excluding hydrogens is 296 g/mol. The van der Waals surface area contributed by atoms with E-state index < -0.39 is 0 Å². The molecule has 1 aromatic heterocycles. The number of aromatic nitrogens is 2. The zero-order chi connectivity index (χ0) is 16.4. The molecule has 2 heterocycles. The standard InChI is InChI=1S/C20H26N4/c21-20-22-10-9-19(23-20)18-6-3-11-24(14-18)13-15-7-8-16-4-1-2-5-17(16)12-15/h1-2,4-5,9-10,15,18H,3,6-8,11-14H2,(H2,21,22,23). The molecule has 0 saturated carbocycles. The fourth-order valence-electron chi connectivity index (χ4n) is 4.37. The van der Waals surface area contributed by atoms with Gasteiger partial charge in [-0.1, -0.05) is 24.3 Å². The minimum Gasteiger partial charge on any atom is -0.368 e. The van der Waals surface area contributed by atoms with E-state index >= 15 is 0 Å². The Morgan fingerprint density at radius 1 is 1.12 bits per heavy atom. The van der Waals surface area contributed by atoms with E-state index in [1.54, 1.807) is 17.3 Å². The minimum atomic E-state index is 0.397. The van der Waals surface area contributed by atoms with Gasteiger partial charge in [-0.25, -0.2) is 9.97 Å². The lowest BCUT2D eigenvalue weighted by Crippen LogP contribution is -2.39. The summed E-state index contributed by atoms with van der Waals surface area (Å²) >= 11 is 0. The van der Waals surface area contributed by atoms with Gasteiger partial charge in [-0.2, -0.15) is 0 Å². The third kappa shape index (κ3) is 3.44. The van der Waals surface area contributed by atoms with Crippen LogP contribution in [0.4, 0.5) is 5.95 Å². The first kappa shape index (κ1) is 15.6. The molecule has 1 saturated heterocycles. The lowest BCUT2D eigenvalue weighted by atomic mass is 9.83. The zero-order valence-corrected chi connectivity index (χ0v) is 14.2. The van der Waals surface area contributed by atoms with E-state index in [2.05, 4.69) is 39.1 Å². The van der Waals surface area contributed by atoms with Gasteiger partial charge in [0.05, 0.1) is 5.69 Å². The summed E-state index contributed by atoms with van der Waals surface area (Å²) in [6.07, 6.45) is 8.03. The molecule has 1 aliphatic heterocycles. The van der Waals surface area contributed by atoms with Crippen molar-refractivity contribution in [3.05, 3.63) is 53.3 Å². The van der Waals surface area contributed by atoms with Gasteiger partial charge >= 0.3 is 0 Å². The second kappa shape index (κ2) is 6.89. The van der Waals surface area contributed by atoms with E-state index in [-0.39, 0.29) is 0 Å². The summed E-state index contributed by atoms with van der Waals surface area (Å²) in [5, 5.41) is 0. The van der Waals surface area contributed by atoms with Crippen molar-refractivity contribution in [3.63, 3.8) is 0 Å². The molecule has 2 aromatic rings. The van der Waals surface area contributed by atoms with Gasteiger partial charge in [0.2, 0.25) is 5.95 Å². The molecule has 2 atom stereocenters. The molecule has 126 valence electrons. The quantitative estimate of drug-likeness (QED) is 0.943. The Morgan fingerprint density at radius 3 is 2.88 bits per heavy atom. The van der Waals surface area contributed by atoms with Crippen molar-refractivity contribution >= 4 is 5.95 Å². The average Bonchev–Trinajstić information content (AvgIpc) is 2.62. The van der Waals surface area contributed by atoms with E-state index in [1.165, 1.54) is 45.2 Å². The predicted octanol–water partition coefficient (Wildman–Crippen LogP) is 3.04. The van der Waals surface area contributed by atoms with Gasteiger partial charge in [0.1, 0.15) is 0 Å². The third-order valence-corrected chi connectivity index (χ3v) is 5.58. The van der Waals surface area contributed by atoms with Crippen LogP contribution in [-0.4, -0.2) is 34.5 Å². The number of fused-ring (bicyclic) bond motifs is 1. The largest absolute Gasteiger partial charge is 0.368 e. The monoisotopic (exact) mass is 322 g/mol. The summed E-state index contributed by atoms with van der Waals surface area (Å²) in [6, 6.07) is 11.0. The van der Waals surface area contributed by atoms with Crippen molar-refractivity contribution in [1.29, 1.82) is 0 Å². The van der Waals surface area contributed by atoms with Crippen LogP contribution in [0.3, 0.4) is 0 Å². The number of nitrogens with zero attached hydrogens (tertiary/aromatic N) is 3. The Kier molecular flexibility index (Phi) is 4.48. The number of piperidine rings is 1. The first-order valence-corrected chi connectivity index (χ1v) is 9.15. The summed E-state index contributed by atoms with van der Waals surface area (Å²) in [5.41, 5.74) is 9.99. The lowest BCUT2D eigenvalue weighted by Gasteiger charge is -2.36. The van der Waals surface area contributed by atoms with E-state index in [0.717, 1.165) is 18.2 Å². The number of likely N-dealkylation sites (tertiary alicyclic amines) is 1. The van der Waals surface area contributed by atoms with E-state index in [9.17, 15) is 0 Å². The van der Waals surface area contributed by atoms with Gasteiger partial charge in [0, 0.05) is 25.2 Å². The Balaban J connectivity index is 1.39. The summed E-state index contributed by atoms with van der Waals surface area (Å²) in [7, 11) is 0. The fourth-order valence-corrected chi connectivity index (χ4v) is 4.37. The number of rotatable bonds is 3. The number of nitrogen functional groups attached to an aromatic ring is 1. The second-order valence-corrected chi connectivity index (χ2v) is 7.32. The molecule has 1 aromatic carbocycles. The van der Waals surface area contributed by atoms with Crippen molar-refractivity contribution in [2.45, 2.75) is 38.0 Å². The smallest absolute Gasteiger partial charge is 0.220 e. The molecule has 4 heteroatoms. The average molecular weight is 322 g/mol. The highest BCUT2D eigenvalue weighted by Crippen LogP contribution is 2.29. The maximum absolute atomic E-state index is 5.76. The molecule has 2 unspecified atom stereocenters.